The Morgan fingerprint density at radius 1 is 1.06 bits per heavy atom. The van der Waals surface area contributed by atoms with Gasteiger partial charge in [0.05, 0.1) is 15.6 Å². The second kappa shape index (κ2) is 9.34. The van der Waals surface area contributed by atoms with Crippen LogP contribution in [-0.2, 0) is 24.1 Å². The predicted octanol–water partition coefficient (Wildman–Crippen LogP) is 5.87. The van der Waals surface area contributed by atoms with Crippen LogP contribution in [0, 0.1) is 5.41 Å². The summed E-state index contributed by atoms with van der Waals surface area (Å²) in [6.07, 6.45) is 0.608. The molecule has 32 heavy (non-hydrogen) atoms. The zero-order valence-electron chi connectivity index (χ0n) is 18.8. The Morgan fingerprint density at radius 3 is 2.19 bits per heavy atom. The molecule has 1 aliphatic heterocycles. The number of hydrogen-bond acceptors (Lipinski definition) is 4. The van der Waals surface area contributed by atoms with Crippen molar-refractivity contribution in [2.45, 2.75) is 50.2 Å². The van der Waals surface area contributed by atoms with Crippen LogP contribution in [0.1, 0.15) is 46.1 Å². The van der Waals surface area contributed by atoms with Crippen LogP contribution in [0.2, 0.25) is 10.0 Å². The molecule has 2 aromatic carbocycles. The molecule has 0 saturated carbocycles. The van der Waals surface area contributed by atoms with Gasteiger partial charge in [0.15, 0.2) is 9.84 Å². The van der Waals surface area contributed by atoms with E-state index in [-0.39, 0.29) is 10.8 Å². The molecule has 174 valence electrons. The molecule has 0 spiro atoms. The van der Waals surface area contributed by atoms with Crippen LogP contribution in [-0.4, -0.2) is 34.1 Å². The third kappa shape index (κ3) is 4.56. The largest absolute Gasteiger partial charge is 0.381 e. The van der Waals surface area contributed by atoms with Crippen LogP contribution in [0.3, 0.4) is 0 Å². The van der Waals surface area contributed by atoms with E-state index >= 15 is 0 Å². The van der Waals surface area contributed by atoms with Crippen molar-refractivity contribution < 1.29 is 17.9 Å². The topological polar surface area (TPSA) is 63.7 Å². The maximum Gasteiger partial charge on any atom is 0.232 e. The Bertz CT molecular complexity index is 1090. The van der Waals surface area contributed by atoms with Gasteiger partial charge in [-0.25, -0.2) is 8.42 Å². The highest BCUT2D eigenvalue weighted by molar-refractivity contribution is 7.92. The molecule has 5 nitrogen and oxygen atoms in total. The van der Waals surface area contributed by atoms with Crippen molar-refractivity contribution in [2.75, 3.05) is 24.7 Å². The highest BCUT2D eigenvalue weighted by atomic mass is 35.5. The highest BCUT2D eigenvalue weighted by Crippen LogP contribution is 2.46. The van der Waals surface area contributed by atoms with Crippen molar-refractivity contribution in [1.29, 1.82) is 0 Å². The molecule has 0 bridgehead atoms. The lowest BCUT2D eigenvalue weighted by molar-refractivity contribution is -0.125. The summed E-state index contributed by atoms with van der Waals surface area (Å²) >= 11 is 12.5. The number of carbonyl (C=O) groups excluding carboxylic acids is 1. The first kappa shape index (κ1) is 25.0. The number of ether oxygens (including phenoxy) is 1. The quantitative estimate of drug-likeness (QED) is 0.517. The maximum atomic E-state index is 13.9. The van der Waals surface area contributed by atoms with Gasteiger partial charge in [0, 0.05) is 30.2 Å². The predicted molar refractivity (Wildman–Crippen MR) is 129 cm³/mol. The highest BCUT2D eigenvalue weighted by Gasteiger charge is 2.47. The van der Waals surface area contributed by atoms with Crippen molar-refractivity contribution in [2.24, 2.45) is 5.41 Å². The second-order valence-electron chi connectivity index (χ2n) is 9.03. The van der Waals surface area contributed by atoms with E-state index in [1.54, 1.807) is 35.2 Å². The first-order chi connectivity index (χ1) is 14.9. The molecule has 1 aliphatic rings. The minimum Gasteiger partial charge on any atom is -0.381 e. The summed E-state index contributed by atoms with van der Waals surface area (Å²) < 4.78 is 32.2. The van der Waals surface area contributed by atoms with E-state index in [0.717, 1.165) is 0 Å². The third-order valence-corrected chi connectivity index (χ3v) is 9.04. The van der Waals surface area contributed by atoms with Gasteiger partial charge in [-0.1, -0.05) is 50.0 Å². The van der Waals surface area contributed by atoms with Crippen molar-refractivity contribution in [3.63, 3.8) is 0 Å². The molecule has 0 aliphatic carbocycles. The average Bonchev–Trinajstić information content (AvgIpc) is 2.75. The van der Waals surface area contributed by atoms with E-state index < -0.39 is 20.0 Å². The molecule has 1 saturated heterocycles. The number of benzene rings is 2. The monoisotopic (exact) mass is 497 g/mol. The second-order valence-corrected chi connectivity index (χ2v) is 12.1. The van der Waals surface area contributed by atoms with Crippen LogP contribution in [0.15, 0.2) is 47.4 Å². The number of halogens is 2. The Morgan fingerprint density at radius 2 is 1.66 bits per heavy atom. The van der Waals surface area contributed by atoms with Crippen molar-refractivity contribution in [3.05, 3.63) is 58.1 Å². The first-order valence-electron chi connectivity index (χ1n) is 10.6. The van der Waals surface area contributed by atoms with Gasteiger partial charge in [-0.05, 0) is 61.7 Å². The molecule has 0 N–H and O–H groups in total. The molecule has 0 aromatic heterocycles. The molecule has 0 atom stereocenters. The van der Waals surface area contributed by atoms with Crippen LogP contribution < -0.4 is 4.90 Å². The number of hydrogen-bond donors (Lipinski definition) is 0. The lowest BCUT2D eigenvalue weighted by Crippen LogP contribution is -2.42. The summed E-state index contributed by atoms with van der Waals surface area (Å²) in [7, 11) is -3.79. The number of carbonyl (C=O) groups is 1. The van der Waals surface area contributed by atoms with E-state index in [9.17, 15) is 13.2 Å². The summed E-state index contributed by atoms with van der Waals surface area (Å²) in [4.78, 5) is 14.9. The molecule has 2 aromatic rings. The zero-order valence-corrected chi connectivity index (χ0v) is 21.1. The Labute approximate surface area is 200 Å². The molecule has 1 heterocycles. The number of nitrogens with zero attached hydrogens (tertiary/aromatic N) is 1. The summed E-state index contributed by atoms with van der Waals surface area (Å²) in [6, 6.07) is 11.4. The van der Waals surface area contributed by atoms with Crippen LogP contribution in [0.25, 0.3) is 0 Å². The molecular formula is C24H29Cl2NO4S. The van der Waals surface area contributed by atoms with Crippen molar-refractivity contribution in [1.82, 2.24) is 0 Å². The molecule has 3 rings (SSSR count). The third-order valence-electron chi connectivity index (χ3n) is 5.90. The Hall–Kier alpha value is -1.60. The van der Waals surface area contributed by atoms with Crippen LogP contribution in [0.5, 0.6) is 0 Å². The van der Waals surface area contributed by atoms with Gasteiger partial charge >= 0.3 is 0 Å². The fraction of sp³-hybridized carbons (Fsp3) is 0.458. The summed E-state index contributed by atoms with van der Waals surface area (Å²) in [5, 5.41) is 0.873. The fourth-order valence-corrected chi connectivity index (χ4v) is 6.52. The van der Waals surface area contributed by atoms with Gasteiger partial charge in [0.25, 0.3) is 0 Å². The Kier molecular flexibility index (Phi) is 7.30. The smallest absolute Gasteiger partial charge is 0.232 e. The van der Waals surface area contributed by atoms with E-state index in [1.165, 1.54) is 12.1 Å². The van der Waals surface area contributed by atoms with E-state index in [0.29, 0.717) is 53.9 Å². The lowest BCUT2D eigenvalue weighted by atomic mass is 9.89. The number of sulfone groups is 1. The average molecular weight is 498 g/mol. The summed E-state index contributed by atoms with van der Waals surface area (Å²) in [6.45, 7) is 8.48. The normalized spacial score (nSPS) is 16.6. The van der Waals surface area contributed by atoms with E-state index in [2.05, 4.69) is 0 Å². The minimum absolute atomic E-state index is 0.0827. The van der Waals surface area contributed by atoms with Gasteiger partial charge in [0.2, 0.25) is 5.91 Å². The van der Waals surface area contributed by atoms with Gasteiger partial charge < -0.3 is 9.64 Å². The molecular weight excluding hydrogens is 469 g/mol. The molecule has 0 radical (unpaired) electrons. The number of anilines is 1. The minimum atomic E-state index is -3.79. The van der Waals surface area contributed by atoms with E-state index in [1.807, 2.05) is 27.7 Å². The van der Waals surface area contributed by atoms with Gasteiger partial charge in [0.1, 0.15) is 4.75 Å². The van der Waals surface area contributed by atoms with Gasteiger partial charge in [-0.15, -0.1) is 0 Å². The molecule has 0 unspecified atom stereocenters. The van der Waals surface area contributed by atoms with Crippen LogP contribution in [0.4, 0.5) is 5.69 Å². The maximum absolute atomic E-state index is 13.9. The molecule has 1 fully saturated rings. The van der Waals surface area contributed by atoms with E-state index in [4.69, 9.17) is 27.9 Å². The fourth-order valence-electron chi connectivity index (χ4n) is 4.08. The summed E-state index contributed by atoms with van der Waals surface area (Å²) in [5.41, 5.74) is 0.514. The molecule has 1 amide bonds. The summed E-state index contributed by atoms with van der Waals surface area (Å²) in [5.74, 6) is -0.0827. The SMILES string of the molecule is CCN(C(=O)C(C)(C)C)c1cc(C2(S(=O)(=O)c3ccc(Cl)cc3)CCOCC2)ccc1Cl. The number of amides is 1. The molecule has 8 heteroatoms. The Balaban J connectivity index is 2.19. The first-order valence-corrected chi connectivity index (χ1v) is 12.9. The lowest BCUT2D eigenvalue weighted by Gasteiger charge is -2.38. The van der Waals surface area contributed by atoms with Crippen molar-refractivity contribution in [3.8, 4) is 0 Å². The number of rotatable bonds is 5. The standard InChI is InChI=1S/C24H29Cl2NO4S/c1-5-27(22(28)23(2,3)4)21-16-17(6-11-20(21)26)24(12-14-31-15-13-24)32(29,30)19-9-7-18(25)8-10-19/h6-11,16H,5,12-15H2,1-4H3. The van der Waals surface area contributed by atoms with Gasteiger partial charge in [-0.3, -0.25) is 4.79 Å². The van der Waals surface area contributed by atoms with Crippen molar-refractivity contribution >= 4 is 44.6 Å². The van der Waals surface area contributed by atoms with Crippen LogP contribution >= 0.6 is 23.2 Å². The zero-order chi connectivity index (χ0) is 23.7. The van der Waals surface area contributed by atoms with Gasteiger partial charge in [-0.2, -0.15) is 0 Å².